The minimum absolute atomic E-state index is 0.0976. The Morgan fingerprint density at radius 2 is 1.87 bits per heavy atom. The number of ether oxygens (including phenoxy) is 1. The number of amides is 2. The summed E-state index contributed by atoms with van der Waals surface area (Å²) in [6.45, 7) is 0.0936. The summed E-state index contributed by atoms with van der Waals surface area (Å²) in [4.78, 5) is 27.5. The summed E-state index contributed by atoms with van der Waals surface area (Å²) in [7, 11) is 0. The van der Waals surface area contributed by atoms with Gasteiger partial charge in [-0.05, 0) is 30.7 Å². The van der Waals surface area contributed by atoms with Gasteiger partial charge in [-0.25, -0.2) is 9.18 Å². The molecule has 0 fully saturated rings. The van der Waals surface area contributed by atoms with Gasteiger partial charge in [0.15, 0.2) is 6.61 Å². The van der Waals surface area contributed by atoms with Gasteiger partial charge in [0.05, 0.1) is 17.9 Å². The first kappa shape index (κ1) is 22.9. The average Bonchev–Trinajstić information content (AvgIpc) is 2.67. The molecule has 0 aliphatic rings. The monoisotopic (exact) mass is 429 g/mol. The number of pyridine rings is 1. The van der Waals surface area contributed by atoms with Gasteiger partial charge < -0.3 is 20.5 Å². The standard InChI is InChI=1S/C19H19F4N3O4/c1-11(15-7-6-13(9-24-15)30-10-19(21,22)23)25-17(27)16(26-18(28)29)8-12-4-2-3-5-14(12)20/h2-7,9,11,16,26H,8,10H2,1H3,(H,25,27)(H,28,29)/t11-,16+/m1/s1. The van der Waals surface area contributed by atoms with Crippen molar-refractivity contribution in [3.63, 3.8) is 0 Å². The number of hydrogen-bond donors (Lipinski definition) is 3. The topological polar surface area (TPSA) is 101 Å². The Hall–Kier alpha value is -3.37. The molecular weight excluding hydrogens is 410 g/mol. The van der Waals surface area contributed by atoms with Crippen LogP contribution in [-0.2, 0) is 11.2 Å². The number of halogens is 4. The average molecular weight is 429 g/mol. The van der Waals surface area contributed by atoms with Gasteiger partial charge in [-0.3, -0.25) is 9.78 Å². The van der Waals surface area contributed by atoms with Crippen LogP contribution in [0, 0.1) is 5.82 Å². The van der Waals surface area contributed by atoms with E-state index in [4.69, 9.17) is 5.11 Å². The summed E-state index contributed by atoms with van der Waals surface area (Å²) in [5.74, 6) is -1.39. The molecule has 0 spiro atoms. The molecule has 0 bridgehead atoms. The molecule has 0 unspecified atom stereocenters. The fourth-order valence-electron chi connectivity index (χ4n) is 2.53. The van der Waals surface area contributed by atoms with E-state index >= 15 is 0 Å². The summed E-state index contributed by atoms with van der Waals surface area (Å²) in [6, 6.07) is 6.32. The van der Waals surface area contributed by atoms with Crippen LogP contribution in [-0.4, -0.2) is 40.9 Å². The van der Waals surface area contributed by atoms with Crippen LogP contribution in [0.1, 0.15) is 24.2 Å². The Morgan fingerprint density at radius 3 is 2.43 bits per heavy atom. The zero-order valence-electron chi connectivity index (χ0n) is 15.7. The van der Waals surface area contributed by atoms with Crippen LogP contribution in [0.4, 0.5) is 22.4 Å². The van der Waals surface area contributed by atoms with Crippen molar-refractivity contribution in [2.75, 3.05) is 6.61 Å². The Labute approximate surface area is 169 Å². The van der Waals surface area contributed by atoms with E-state index in [0.717, 1.165) is 6.20 Å². The second kappa shape index (κ2) is 9.90. The van der Waals surface area contributed by atoms with Gasteiger partial charge in [0.25, 0.3) is 0 Å². The van der Waals surface area contributed by atoms with Crippen molar-refractivity contribution in [2.24, 2.45) is 0 Å². The number of carbonyl (C=O) groups excluding carboxylic acids is 1. The maximum Gasteiger partial charge on any atom is 0.422 e. The van der Waals surface area contributed by atoms with E-state index in [1.165, 1.54) is 30.3 Å². The van der Waals surface area contributed by atoms with Crippen molar-refractivity contribution < 1.29 is 37.0 Å². The molecule has 0 saturated heterocycles. The first-order chi connectivity index (χ1) is 14.0. The number of carbonyl (C=O) groups is 2. The number of carboxylic acid groups (broad SMARTS) is 1. The highest BCUT2D eigenvalue weighted by Crippen LogP contribution is 2.19. The third-order valence-corrected chi connectivity index (χ3v) is 3.96. The predicted molar refractivity (Wildman–Crippen MR) is 97.4 cm³/mol. The maximum atomic E-state index is 13.9. The molecule has 1 aromatic carbocycles. The fraction of sp³-hybridized carbons (Fsp3) is 0.316. The second-order valence-electron chi connectivity index (χ2n) is 6.35. The fourth-order valence-corrected chi connectivity index (χ4v) is 2.53. The van der Waals surface area contributed by atoms with Crippen LogP contribution in [0.25, 0.3) is 0 Å². The summed E-state index contributed by atoms with van der Waals surface area (Å²) < 4.78 is 54.9. The zero-order valence-corrected chi connectivity index (χ0v) is 15.7. The SMILES string of the molecule is C[C@@H](NC(=O)[C@H](Cc1ccccc1F)NC(=O)O)c1ccc(OCC(F)(F)F)cn1. The smallest absolute Gasteiger partial charge is 0.422 e. The lowest BCUT2D eigenvalue weighted by atomic mass is 10.0. The van der Waals surface area contributed by atoms with Gasteiger partial charge in [-0.1, -0.05) is 18.2 Å². The Kier molecular flexibility index (Phi) is 7.56. The molecule has 1 aromatic heterocycles. The van der Waals surface area contributed by atoms with E-state index < -0.39 is 42.7 Å². The first-order valence-corrected chi connectivity index (χ1v) is 8.74. The van der Waals surface area contributed by atoms with E-state index in [9.17, 15) is 27.2 Å². The molecule has 2 aromatic rings. The summed E-state index contributed by atoms with van der Waals surface area (Å²) >= 11 is 0. The van der Waals surface area contributed by atoms with Gasteiger partial charge in [-0.2, -0.15) is 13.2 Å². The third-order valence-electron chi connectivity index (χ3n) is 3.96. The van der Waals surface area contributed by atoms with Gasteiger partial charge in [0.1, 0.15) is 17.6 Å². The molecule has 2 amide bonds. The minimum atomic E-state index is -4.48. The molecule has 0 aliphatic carbocycles. The van der Waals surface area contributed by atoms with E-state index in [1.54, 1.807) is 13.0 Å². The molecule has 7 nitrogen and oxygen atoms in total. The number of alkyl halides is 3. The lowest BCUT2D eigenvalue weighted by molar-refractivity contribution is -0.153. The third kappa shape index (κ3) is 7.22. The number of rotatable bonds is 8. The van der Waals surface area contributed by atoms with Crippen LogP contribution in [0.15, 0.2) is 42.6 Å². The highest BCUT2D eigenvalue weighted by molar-refractivity contribution is 5.85. The van der Waals surface area contributed by atoms with Crippen LogP contribution in [0.3, 0.4) is 0 Å². The van der Waals surface area contributed by atoms with E-state index in [0.29, 0.717) is 5.69 Å². The van der Waals surface area contributed by atoms with Crippen LogP contribution < -0.4 is 15.4 Å². The van der Waals surface area contributed by atoms with Crippen molar-refractivity contribution in [1.29, 1.82) is 0 Å². The van der Waals surface area contributed by atoms with Crippen molar-refractivity contribution in [2.45, 2.75) is 31.6 Å². The van der Waals surface area contributed by atoms with Crippen molar-refractivity contribution >= 4 is 12.0 Å². The number of nitrogens with one attached hydrogen (secondary N) is 2. The first-order valence-electron chi connectivity index (χ1n) is 8.74. The van der Waals surface area contributed by atoms with Gasteiger partial charge in [0, 0.05) is 6.42 Å². The van der Waals surface area contributed by atoms with Crippen molar-refractivity contribution in [3.05, 3.63) is 59.7 Å². The molecular formula is C19H19F4N3O4. The second-order valence-corrected chi connectivity index (χ2v) is 6.35. The summed E-state index contributed by atoms with van der Waals surface area (Å²) in [5, 5.41) is 13.6. The minimum Gasteiger partial charge on any atom is -0.483 e. The molecule has 0 saturated carbocycles. The highest BCUT2D eigenvalue weighted by atomic mass is 19.4. The molecule has 0 radical (unpaired) electrons. The lowest BCUT2D eigenvalue weighted by Crippen LogP contribution is -2.48. The maximum absolute atomic E-state index is 13.9. The van der Waals surface area contributed by atoms with E-state index in [1.807, 2.05) is 5.32 Å². The number of aromatic nitrogens is 1. The molecule has 3 N–H and O–H groups in total. The Bertz CT molecular complexity index is 875. The summed E-state index contributed by atoms with van der Waals surface area (Å²) in [5.41, 5.74) is 0.464. The van der Waals surface area contributed by atoms with Gasteiger partial charge >= 0.3 is 12.3 Å². The molecule has 2 rings (SSSR count). The molecule has 162 valence electrons. The van der Waals surface area contributed by atoms with Crippen LogP contribution in [0.2, 0.25) is 0 Å². The number of benzene rings is 1. The van der Waals surface area contributed by atoms with E-state index in [-0.39, 0.29) is 17.7 Å². The Morgan fingerprint density at radius 1 is 1.17 bits per heavy atom. The zero-order chi connectivity index (χ0) is 22.3. The highest BCUT2D eigenvalue weighted by Gasteiger charge is 2.28. The molecule has 11 heteroatoms. The lowest BCUT2D eigenvalue weighted by Gasteiger charge is -2.20. The van der Waals surface area contributed by atoms with Crippen LogP contribution >= 0.6 is 0 Å². The quantitative estimate of drug-likeness (QED) is 0.560. The van der Waals surface area contributed by atoms with Crippen LogP contribution in [0.5, 0.6) is 5.75 Å². The Balaban J connectivity index is 2.03. The molecule has 30 heavy (non-hydrogen) atoms. The normalized spacial score (nSPS) is 13.2. The predicted octanol–water partition coefficient (Wildman–Crippen LogP) is 3.22. The number of nitrogens with zero attached hydrogens (tertiary/aromatic N) is 1. The molecule has 0 aliphatic heterocycles. The largest absolute Gasteiger partial charge is 0.483 e. The van der Waals surface area contributed by atoms with Gasteiger partial charge in [0.2, 0.25) is 5.91 Å². The molecule has 1 heterocycles. The summed E-state index contributed by atoms with van der Waals surface area (Å²) in [6.07, 6.45) is -5.07. The van der Waals surface area contributed by atoms with Crippen molar-refractivity contribution in [3.8, 4) is 5.75 Å². The molecule has 2 atom stereocenters. The number of hydrogen-bond acceptors (Lipinski definition) is 4. The van der Waals surface area contributed by atoms with Gasteiger partial charge in [-0.15, -0.1) is 0 Å². The van der Waals surface area contributed by atoms with Crippen molar-refractivity contribution in [1.82, 2.24) is 15.6 Å². The van der Waals surface area contributed by atoms with E-state index in [2.05, 4.69) is 15.0 Å².